The first-order valence-corrected chi connectivity index (χ1v) is 9.63. The summed E-state index contributed by atoms with van der Waals surface area (Å²) in [4.78, 5) is 4.85. The Hall–Kier alpha value is -1.51. The molecule has 0 spiro atoms. The van der Waals surface area contributed by atoms with Crippen molar-refractivity contribution in [3.8, 4) is 0 Å². The summed E-state index contributed by atoms with van der Waals surface area (Å²) in [6.07, 6.45) is 4.78. The molecule has 2 aromatic heterocycles. The number of aryl methyl sites for hydroxylation is 2. The van der Waals surface area contributed by atoms with Gasteiger partial charge in [0.25, 0.3) is 0 Å². The molecule has 0 radical (unpaired) electrons. The van der Waals surface area contributed by atoms with Crippen molar-refractivity contribution in [1.29, 1.82) is 0 Å². The summed E-state index contributed by atoms with van der Waals surface area (Å²) in [5.74, 6) is 2.12. The summed E-state index contributed by atoms with van der Waals surface area (Å²) >= 11 is 5.66. The molecule has 0 aliphatic carbocycles. The van der Waals surface area contributed by atoms with Gasteiger partial charge in [-0.1, -0.05) is 11.6 Å². The summed E-state index contributed by atoms with van der Waals surface area (Å²) in [5, 5.41) is 8.75. The third-order valence-corrected chi connectivity index (χ3v) is 5.57. The van der Waals surface area contributed by atoms with Crippen molar-refractivity contribution < 1.29 is 4.52 Å². The van der Waals surface area contributed by atoms with E-state index < -0.39 is 0 Å². The lowest BCUT2D eigenvalue weighted by Gasteiger charge is -2.33. The maximum atomic E-state index is 5.66. The van der Waals surface area contributed by atoms with Crippen LogP contribution in [0, 0.1) is 11.7 Å². The van der Waals surface area contributed by atoms with Crippen molar-refractivity contribution in [2.45, 2.75) is 52.4 Å². The van der Waals surface area contributed by atoms with E-state index in [4.69, 9.17) is 21.8 Å². The molecule has 4 rings (SSSR count). The third-order valence-electron chi connectivity index (χ3n) is 5.14. The molecule has 0 bridgehead atoms. The minimum atomic E-state index is 0.800. The van der Waals surface area contributed by atoms with Crippen LogP contribution in [-0.4, -0.2) is 55.5 Å². The molecule has 0 amide bonds. The number of hydrogen-bond acceptors (Lipinski definition) is 6. The van der Waals surface area contributed by atoms with E-state index in [0.29, 0.717) is 0 Å². The Kier molecular flexibility index (Phi) is 5.00. The van der Waals surface area contributed by atoms with Crippen LogP contribution in [0.25, 0.3) is 0 Å². The molecule has 0 aromatic carbocycles. The van der Waals surface area contributed by atoms with Crippen LogP contribution >= 0.6 is 12.2 Å². The van der Waals surface area contributed by atoms with Crippen molar-refractivity contribution in [2.75, 3.05) is 26.2 Å². The van der Waals surface area contributed by atoms with Gasteiger partial charge in [0.05, 0.1) is 18.9 Å². The van der Waals surface area contributed by atoms with Crippen molar-refractivity contribution in [3.63, 3.8) is 0 Å². The zero-order valence-electron chi connectivity index (χ0n) is 14.9. The minimum absolute atomic E-state index is 0.800. The predicted octanol–water partition coefficient (Wildman–Crippen LogP) is 2.21. The monoisotopic (exact) mass is 362 g/mol. The molecular formula is C17H26N6OS. The average molecular weight is 363 g/mol. The number of piperazine rings is 1. The van der Waals surface area contributed by atoms with Gasteiger partial charge < -0.3 is 9.09 Å². The van der Waals surface area contributed by atoms with Crippen LogP contribution in [0.5, 0.6) is 0 Å². The van der Waals surface area contributed by atoms with E-state index in [2.05, 4.69) is 19.5 Å². The molecule has 25 heavy (non-hydrogen) atoms. The second-order valence-electron chi connectivity index (χ2n) is 7.13. The van der Waals surface area contributed by atoms with Gasteiger partial charge in [0.2, 0.25) is 0 Å². The van der Waals surface area contributed by atoms with Crippen molar-refractivity contribution >= 4 is 12.2 Å². The van der Waals surface area contributed by atoms with E-state index in [1.54, 1.807) is 0 Å². The highest BCUT2D eigenvalue weighted by molar-refractivity contribution is 7.71. The largest absolute Gasteiger partial charge is 0.360 e. The highest BCUT2D eigenvalue weighted by atomic mass is 32.1. The molecule has 1 fully saturated rings. The molecule has 1 saturated heterocycles. The van der Waals surface area contributed by atoms with Gasteiger partial charge in [-0.3, -0.25) is 9.80 Å². The summed E-state index contributed by atoms with van der Waals surface area (Å²) in [5.41, 5.74) is 0.947. The zero-order chi connectivity index (χ0) is 17.2. The summed E-state index contributed by atoms with van der Waals surface area (Å²) in [6.45, 7) is 8.73. The minimum Gasteiger partial charge on any atom is -0.360 e. The lowest BCUT2D eigenvalue weighted by atomic mass is 10.2. The van der Waals surface area contributed by atoms with Crippen molar-refractivity contribution in [1.82, 2.24) is 29.3 Å². The molecule has 8 heteroatoms. The Morgan fingerprint density at radius 1 is 1.08 bits per heavy atom. The lowest BCUT2D eigenvalue weighted by molar-refractivity contribution is 0.0918. The van der Waals surface area contributed by atoms with Gasteiger partial charge in [-0.15, -0.1) is 0 Å². The molecular weight excluding hydrogens is 336 g/mol. The Bertz CT molecular complexity index is 770. The Balaban J connectivity index is 1.33. The zero-order valence-corrected chi connectivity index (χ0v) is 15.7. The van der Waals surface area contributed by atoms with Crippen LogP contribution in [-0.2, 0) is 26.2 Å². The van der Waals surface area contributed by atoms with Crippen LogP contribution in [0.15, 0.2) is 10.6 Å². The highest BCUT2D eigenvalue weighted by Crippen LogP contribution is 2.15. The molecule has 0 unspecified atom stereocenters. The summed E-state index contributed by atoms with van der Waals surface area (Å²) < 4.78 is 10.5. The van der Waals surface area contributed by atoms with Crippen molar-refractivity contribution in [2.24, 2.45) is 0 Å². The van der Waals surface area contributed by atoms with Crippen LogP contribution in [0.2, 0.25) is 0 Å². The fraction of sp³-hybridized carbons (Fsp3) is 0.706. The second kappa shape index (κ2) is 7.39. The predicted molar refractivity (Wildman–Crippen MR) is 96.7 cm³/mol. The second-order valence-corrected chi connectivity index (χ2v) is 7.50. The van der Waals surface area contributed by atoms with Crippen LogP contribution < -0.4 is 0 Å². The molecule has 2 aliphatic rings. The average Bonchev–Trinajstić information content (AvgIpc) is 3.04. The quantitative estimate of drug-likeness (QED) is 0.778. The maximum absolute atomic E-state index is 5.66. The number of hydrogen-bond donors (Lipinski definition) is 0. The smallest absolute Gasteiger partial charge is 0.199 e. The van der Waals surface area contributed by atoms with Gasteiger partial charge in [-0.2, -0.15) is 5.10 Å². The van der Waals surface area contributed by atoms with Crippen LogP contribution in [0.1, 0.15) is 36.5 Å². The first-order valence-electron chi connectivity index (χ1n) is 9.22. The lowest BCUT2D eigenvalue weighted by Crippen LogP contribution is -2.46. The van der Waals surface area contributed by atoms with Crippen LogP contribution in [0.4, 0.5) is 0 Å². The molecule has 0 N–H and O–H groups in total. The third kappa shape index (κ3) is 3.86. The number of fused-ring (bicyclic) bond motifs is 1. The number of nitrogens with zero attached hydrogens (tertiary/aromatic N) is 6. The molecule has 136 valence electrons. The van der Waals surface area contributed by atoms with Crippen molar-refractivity contribution in [3.05, 3.63) is 28.1 Å². The maximum Gasteiger partial charge on any atom is 0.199 e. The van der Waals surface area contributed by atoms with E-state index in [9.17, 15) is 0 Å². The number of aromatic nitrogens is 4. The Morgan fingerprint density at radius 2 is 1.88 bits per heavy atom. The fourth-order valence-electron chi connectivity index (χ4n) is 3.71. The molecule has 0 saturated carbocycles. The standard InChI is InChI=1S/C17H26N6OS/c1-14-11-15(24-19-14)12-20-7-9-21(10-8-20)13-23-17(25)22-6-4-2-3-5-16(22)18-23/h11H,2-10,12-13H2,1H3. The first kappa shape index (κ1) is 16.9. The van der Waals surface area contributed by atoms with Gasteiger partial charge in [0.15, 0.2) is 10.5 Å². The van der Waals surface area contributed by atoms with Gasteiger partial charge in [0, 0.05) is 45.2 Å². The van der Waals surface area contributed by atoms with E-state index >= 15 is 0 Å². The highest BCUT2D eigenvalue weighted by Gasteiger charge is 2.20. The van der Waals surface area contributed by atoms with E-state index in [-0.39, 0.29) is 0 Å². The normalized spacial score (nSPS) is 19.7. The topological polar surface area (TPSA) is 55.3 Å². The molecule has 2 aliphatic heterocycles. The SMILES string of the molecule is Cc1cc(CN2CCN(Cn3nc4n(c3=S)CCCCC4)CC2)on1. The van der Waals surface area contributed by atoms with E-state index in [1.165, 1.54) is 25.1 Å². The van der Waals surface area contributed by atoms with E-state index in [0.717, 1.165) is 68.6 Å². The molecule has 2 aromatic rings. The summed E-state index contributed by atoms with van der Waals surface area (Å²) in [6, 6.07) is 2.02. The first-order chi connectivity index (χ1) is 12.2. The van der Waals surface area contributed by atoms with E-state index in [1.807, 2.05) is 17.7 Å². The van der Waals surface area contributed by atoms with Gasteiger partial charge >= 0.3 is 0 Å². The molecule has 7 nitrogen and oxygen atoms in total. The Morgan fingerprint density at radius 3 is 2.64 bits per heavy atom. The van der Waals surface area contributed by atoms with Gasteiger partial charge in [0.1, 0.15) is 5.82 Å². The van der Waals surface area contributed by atoms with Crippen LogP contribution in [0.3, 0.4) is 0 Å². The fourth-order valence-corrected chi connectivity index (χ4v) is 4.00. The summed E-state index contributed by atoms with van der Waals surface area (Å²) in [7, 11) is 0. The number of rotatable bonds is 4. The van der Waals surface area contributed by atoms with Gasteiger partial charge in [-0.25, -0.2) is 4.68 Å². The molecule has 4 heterocycles. The molecule has 0 atom stereocenters. The Labute approximate surface area is 153 Å². The van der Waals surface area contributed by atoms with Gasteiger partial charge in [-0.05, 0) is 32.0 Å².